The average Bonchev–Trinajstić information content (AvgIpc) is 2.41. The zero-order chi connectivity index (χ0) is 13.8. The lowest BCUT2D eigenvalue weighted by molar-refractivity contribution is 0.0784. The topological polar surface area (TPSA) is 33.2 Å². The molecule has 19 heavy (non-hydrogen) atoms. The maximum atomic E-state index is 12.2. The summed E-state index contributed by atoms with van der Waals surface area (Å²) >= 11 is 3.26. The number of carbonyl (C=O) groups is 1. The van der Waals surface area contributed by atoms with Crippen molar-refractivity contribution < 1.29 is 4.79 Å². The van der Waals surface area contributed by atoms with Crippen molar-refractivity contribution in [1.82, 2.24) is 9.88 Å². The summed E-state index contributed by atoms with van der Waals surface area (Å²) in [6.07, 6.45) is 1.58. The minimum atomic E-state index is -0.0248. The highest BCUT2D eigenvalue weighted by molar-refractivity contribution is 9.10. The summed E-state index contributed by atoms with van der Waals surface area (Å²) in [4.78, 5) is 18.0. The quantitative estimate of drug-likeness (QED) is 0.812. The van der Waals surface area contributed by atoms with Crippen LogP contribution in [0.25, 0.3) is 0 Å². The highest BCUT2D eigenvalue weighted by Gasteiger charge is 2.13. The summed E-state index contributed by atoms with van der Waals surface area (Å²) in [6.45, 7) is 2.65. The fraction of sp³-hybridized carbons (Fsp3) is 0.200. The predicted molar refractivity (Wildman–Crippen MR) is 78.9 cm³/mol. The van der Waals surface area contributed by atoms with E-state index in [1.165, 1.54) is 5.56 Å². The van der Waals surface area contributed by atoms with Gasteiger partial charge in [0.05, 0.1) is 5.56 Å². The molecule has 0 atom stereocenters. The minimum absolute atomic E-state index is 0.0248. The molecule has 3 nitrogen and oxygen atoms in total. The van der Waals surface area contributed by atoms with E-state index in [1.807, 2.05) is 18.2 Å². The van der Waals surface area contributed by atoms with Gasteiger partial charge in [-0.1, -0.05) is 24.3 Å². The maximum absolute atomic E-state index is 12.2. The van der Waals surface area contributed by atoms with E-state index in [9.17, 15) is 4.79 Å². The largest absolute Gasteiger partial charge is 0.337 e. The van der Waals surface area contributed by atoms with Crippen LogP contribution in [0.1, 0.15) is 21.5 Å². The SMILES string of the molecule is Cc1ccccc1CN(C)C(=O)c1ccc(Br)nc1. The van der Waals surface area contributed by atoms with Crippen molar-refractivity contribution in [3.8, 4) is 0 Å². The van der Waals surface area contributed by atoms with E-state index >= 15 is 0 Å². The normalized spacial score (nSPS) is 10.3. The Morgan fingerprint density at radius 2 is 2.00 bits per heavy atom. The lowest BCUT2D eigenvalue weighted by Crippen LogP contribution is -2.26. The Labute approximate surface area is 121 Å². The Morgan fingerprint density at radius 1 is 1.26 bits per heavy atom. The summed E-state index contributed by atoms with van der Waals surface area (Å²) in [5.41, 5.74) is 2.94. The molecule has 1 aromatic heterocycles. The van der Waals surface area contributed by atoms with Gasteiger partial charge in [-0.2, -0.15) is 0 Å². The summed E-state index contributed by atoms with van der Waals surface area (Å²) in [7, 11) is 1.80. The molecular weight excluding hydrogens is 304 g/mol. The van der Waals surface area contributed by atoms with Gasteiger partial charge < -0.3 is 4.90 Å². The van der Waals surface area contributed by atoms with Crippen LogP contribution < -0.4 is 0 Å². The van der Waals surface area contributed by atoms with E-state index in [-0.39, 0.29) is 5.91 Å². The van der Waals surface area contributed by atoms with Crippen LogP contribution >= 0.6 is 15.9 Å². The van der Waals surface area contributed by atoms with Crippen LogP contribution in [0.15, 0.2) is 47.2 Å². The fourth-order valence-corrected chi connectivity index (χ4v) is 2.07. The van der Waals surface area contributed by atoms with Crippen molar-refractivity contribution in [2.75, 3.05) is 7.05 Å². The molecule has 0 saturated heterocycles. The number of halogens is 1. The number of aromatic nitrogens is 1. The second kappa shape index (κ2) is 5.97. The summed E-state index contributed by atoms with van der Waals surface area (Å²) in [6, 6.07) is 11.6. The number of carbonyl (C=O) groups excluding carboxylic acids is 1. The van der Waals surface area contributed by atoms with Crippen molar-refractivity contribution in [3.63, 3.8) is 0 Å². The number of nitrogens with zero attached hydrogens (tertiary/aromatic N) is 2. The zero-order valence-electron chi connectivity index (χ0n) is 10.9. The van der Waals surface area contributed by atoms with Gasteiger partial charge in [0.15, 0.2) is 0 Å². The first kappa shape index (κ1) is 13.7. The Balaban J connectivity index is 2.12. The fourth-order valence-electron chi connectivity index (χ4n) is 1.84. The lowest BCUT2D eigenvalue weighted by Gasteiger charge is -2.18. The molecule has 0 bridgehead atoms. The van der Waals surface area contributed by atoms with Crippen molar-refractivity contribution in [3.05, 3.63) is 63.9 Å². The van der Waals surface area contributed by atoms with Crippen molar-refractivity contribution in [1.29, 1.82) is 0 Å². The predicted octanol–water partition coefficient (Wildman–Crippen LogP) is 3.42. The average molecular weight is 319 g/mol. The third-order valence-corrected chi connectivity index (χ3v) is 3.46. The van der Waals surface area contributed by atoms with Crippen LogP contribution in [-0.2, 0) is 6.54 Å². The molecule has 0 N–H and O–H groups in total. The lowest BCUT2D eigenvalue weighted by atomic mass is 10.1. The highest BCUT2D eigenvalue weighted by atomic mass is 79.9. The Bertz CT molecular complexity index is 581. The van der Waals surface area contributed by atoms with Gasteiger partial charge in [-0.15, -0.1) is 0 Å². The molecule has 0 aliphatic carbocycles. The molecule has 2 aromatic rings. The van der Waals surface area contributed by atoms with Gasteiger partial charge in [0.1, 0.15) is 4.60 Å². The molecule has 98 valence electrons. The van der Waals surface area contributed by atoms with Gasteiger partial charge in [-0.25, -0.2) is 4.98 Å². The molecule has 1 aromatic carbocycles. The number of hydrogen-bond donors (Lipinski definition) is 0. The first-order chi connectivity index (χ1) is 9.08. The minimum Gasteiger partial charge on any atom is -0.337 e. The second-order valence-electron chi connectivity index (χ2n) is 4.46. The summed E-state index contributed by atoms with van der Waals surface area (Å²) < 4.78 is 0.727. The van der Waals surface area contributed by atoms with Crippen LogP contribution in [0, 0.1) is 6.92 Å². The number of hydrogen-bond acceptors (Lipinski definition) is 2. The maximum Gasteiger partial charge on any atom is 0.255 e. The summed E-state index contributed by atoms with van der Waals surface area (Å²) in [5.74, 6) is -0.0248. The van der Waals surface area contributed by atoms with Gasteiger partial charge in [-0.3, -0.25) is 4.79 Å². The molecule has 0 fully saturated rings. The van der Waals surface area contributed by atoms with Crippen molar-refractivity contribution in [2.45, 2.75) is 13.5 Å². The molecule has 0 aliphatic rings. The van der Waals surface area contributed by atoms with E-state index in [1.54, 1.807) is 30.3 Å². The summed E-state index contributed by atoms with van der Waals surface area (Å²) in [5, 5.41) is 0. The molecule has 1 amide bonds. The van der Waals surface area contributed by atoms with Crippen LogP contribution in [0.2, 0.25) is 0 Å². The van der Waals surface area contributed by atoms with Crippen LogP contribution in [-0.4, -0.2) is 22.8 Å². The zero-order valence-corrected chi connectivity index (χ0v) is 12.5. The Morgan fingerprint density at radius 3 is 2.63 bits per heavy atom. The first-order valence-electron chi connectivity index (χ1n) is 5.99. The number of pyridine rings is 1. The Kier molecular flexibility index (Phi) is 4.32. The van der Waals surface area contributed by atoms with E-state index in [4.69, 9.17) is 0 Å². The molecule has 4 heteroatoms. The van der Waals surface area contributed by atoms with Crippen LogP contribution in [0.4, 0.5) is 0 Å². The second-order valence-corrected chi connectivity index (χ2v) is 5.27. The van der Waals surface area contributed by atoms with Crippen LogP contribution in [0.3, 0.4) is 0 Å². The Hall–Kier alpha value is -1.68. The molecule has 0 radical (unpaired) electrons. The first-order valence-corrected chi connectivity index (χ1v) is 6.79. The number of aryl methyl sites for hydroxylation is 1. The van der Waals surface area contributed by atoms with Gasteiger partial charge in [0.2, 0.25) is 0 Å². The molecule has 0 unspecified atom stereocenters. The van der Waals surface area contributed by atoms with Gasteiger partial charge in [0.25, 0.3) is 5.91 Å². The molecule has 1 heterocycles. The van der Waals surface area contributed by atoms with Crippen LogP contribution in [0.5, 0.6) is 0 Å². The highest BCUT2D eigenvalue weighted by Crippen LogP contribution is 2.13. The van der Waals surface area contributed by atoms with E-state index in [0.717, 1.165) is 10.2 Å². The van der Waals surface area contributed by atoms with E-state index in [2.05, 4.69) is 33.9 Å². The number of amides is 1. The van der Waals surface area contributed by atoms with Gasteiger partial charge >= 0.3 is 0 Å². The molecule has 0 saturated carbocycles. The molecule has 0 aliphatic heterocycles. The van der Waals surface area contributed by atoms with Crippen molar-refractivity contribution >= 4 is 21.8 Å². The van der Waals surface area contributed by atoms with Gasteiger partial charge in [0, 0.05) is 19.8 Å². The monoisotopic (exact) mass is 318 g/mol. The third-order valence-electron chi connectivity index (χ3n) is 2.99. The van der Waals surface area contributed by atoms with Crippen molar-refractivity contribution in [2.24, 2.45) is 0 Å². The third kappa shape index (κ3) is 3.41. The van der Waals surface area contributed by atoms with E-state index in [0.29, 0.717) is 12.1 Å². The number of benzene rings is 1. The molecule has 0 spiro atoms. The standard InChI is InChI=1S/C15H15BrN2O/c1-11-5-3-4-6-13(11)10-18(2)15(19)12-7-8-14(16)17-9-12/h3-9H,10H2,1-2H3. The van der Waals surface area contributed by atoms with Gasteiger partial charge in [-0.05, 0) is 46.1 Å². The smallest absolute Gasteiger partial charge is 0.255 e. The molecule has 2 rings (SSSR count). The van der Waals surface area contributed by atoms with E-state index < -0.39 is 0 Å². The molecular formula is C15H15BrN2O. The number of rotatable bonds is 3.